The van der Waals surface area contributed by atoms with Crippen molar-refractivity contribution in [3.63, 3.8) is 0 Å². The van der Waals surface area contributed by atoms with Crippen LogP contribution in [-0.4, -0.2) is 19.1 Å². The third-order valence-corrected chi connectivity index (χ3v) is 6.22. The van der Waals surface area contributed by atoms with Crippen LogP contribution in [0.1, 0.15) is 31.7 Å². The Morgan fingerprint density at radius 3 is 2.69 bits per heavy atom. The van der Waals surface area contributed by atoms with Crippen molar-refractivity contribution in [3.8, 4) is 0 Å². The van der Waals surface area contributed by atoms with Crippen LogP contribution in [0.2, 0.25) is 0 Å². The van der Waals surface area contributed by atoms with E-state index in [9.17, 15) is 9.59 Å². The quantitative estimate of drug-likeness (QED) is 0.370. The van der Waals surface area contributed by atoms with Crippen LogP contribution in [0.5, 0.6) is 0 Å². The van der Waals surface area contributed by atoms with E-state index in [1.807, 2.05) is 16.7 Å². The molecule has 1 N–H and O–H groups in total. The number of fused-ring (bicyclic) bond motifs is 2. The maximum atomic E-state index is 12.5. The first-order valence-corrected chi connectivity index (χ1v) is 10.9. The number of aryl methyl sites for hydroxylation is 2. The summed E-state index contributed by atoms with van der Waals surface area (Å²) in [5.74, 6) is 0.740. The Labute approximate surface area is 172 Å². The topological polar surface area (TPSA) is 72.7 Å². The first-order valence-electron chi connectivity index (χ1n) is 9.89. The van der Waals surface area contributed by atoms with Crippen molar-refractivity contribution < 1.29 is 0 Å². The molecular formula is C22H24N4O2S. The van der Waals surface area contributed by atoms with Gasteiger partial charge >= 0.3 is 5.69 Å². The summed E-state index contributed by atoms with van der Waals surface area (Å²) >= 11 is 1.61. The highest BCUT2D eigenvalue weighted by molar-refractivity contribution is 7.98. The average molecular weight is 409 g/mol. The molecule has 4 rings (SSSR count). The van der Waals surface area contributed by atoms with Gasteiger partial charge in [-0.25, -0.2) is 9.78 Å². The molecule has 0 aliphatic heterocycles. The van der Waals surface area contributed by atoms with Crippen LogP contribution in [0, 0.1) is 0 Å². The first kappa shape index (κ1) is 19.5. The van der Waals surface area contributed by atoms with Gasteiger partial charge in [0.05, 0.1) is 0 Å². The minimum atomic E-state index is -0.439. The van der Waals surface area contributed by atoms with Gasteiger partial charge in [0.1, 0.15) is 0 Å². The Morgan fingerprint density at radius 1 is 1.07 bits per heavy atom. The molecule has 0 saturated heterocycles. The van der Waals surface area contributed by atoms with Gasteiger partial charge in [0.25, 0.3) is 5.56 Å². The van der Waals surface area contributed by atoms with Gasteiger partial charge in [0.2, 0.25) is 0 Å². The smallest absolute Gasteiger partial charge is 0.313 e. The predicted octanol–water partition coefficient (Wildman–Crippen LogP) is 4.06. The zero-order valence-corrected chi connectivity index (χ0v) is 17.5. The second kappa shape index (κ2) is 8.29. The van der Waals surface area contributed by atoms with Gasteiger partial charge in [0, 0.05) is 19.3 Å². The molecule has 29 heavy (non-hydrogen) atoms. The van der Waals surface area contributed by atoms with Gasteiger partial charge in [0.15, 0.2) is 16.3 Å². The molecule has 2 aromatic carbocycles. The number of H-pyrrole nitrogens is 1. The standard InChI is InChI=1S/C22H24N4O2S/c1-3-4-7-13-26-18-19(25(2)21(28)24-20(18)27)23-22(26)29-14-16-11-8-10-15-9-5-6-12-17(15)16/h5-6,8-12H,3-4,7,13-14H2,1-2H3,(H,24,27,28). The molecule has 0 radical (unpaired) electrons. The van der Waals surface area contributed by atoms with E-state index >= 15 is 0 Å². The van der Waals surface area contributed by atoms with Crippen LogP contribution in [0.15, 0.2) is 57.2 Å². The first-order chi connectivity index (χ1) is 14.1. The van der Waals surface area contributed by atoms with Gasteiger partial charge in [-0.1, -0.05) is 74.0 Å². The Balaban J connectivity index is 1.75. The fourth-order valence-corrected chi connectivity index (χ4v) is 4.64. The van der Waals surface area contributed by atoms with Crippen molar-refractivity contribution in [3.05, 3.63) is 68.9 Å². The molecule has 6 nitrogen and oxygen atoms in total. The number of thioether (sulfide) groups is 1. The summed E-state index contributed by atoms with van der Waals surface area (Å²) in [4.78, 5) is 31.6. The number of imidazole rings is 1. The van der Waals surface area contributed by atoms with E-state index in [0.29, 0.717) is 17.7 Å². The largest absolute Gasteiger partial charge is 0.329 e. The van der Waals surface area contributed by atoms with Crippen molar-refractivity contribution in [2.24, 2.45) is 7.05 Å². The van der Waals surface area contributed by atoms with Gasteiger partial charge in [-0.2, -0.15) is 0 Å². The van der Waals surface area contributed by atoms with Gasteiger partial charge in [-0.3, -0.25) is 14.3 Å². The highest BCUT2D eigenvalue weighted by Crippen LogP contribution is 2.28. The van der Waals surface area contributed by atoms with Crippen LogP contribution in [-0.2, 0) is 19.3 Å². The third-order valence-electron chi connectivity index (χ3n) is 5.19. The normalized spacial score (nSPS) is 11.5. The lowest BCUT2D eigenvalue weighted by molar-refractivity contribution is 0.577. The van der Waals surface area contributed by atoms with Crippen LogP contribution in [0.3, 0.4) is 0 Å². The fourth-order valence-electron chi connectivity index (χ4n) is 3.61. The van der Waals surface area contributed by atoms with Crippen molar-refractivity contribution in [1.82, 2.24) is 19.1 Å². The number of unbranched alkanes of at least 4 members (excludes halogenated alkanes) is 2. The molecular weight excluding hydrogens is 384 g/mol. The fraction of sp³-hybridized carbons (Fsp3) is 0.318. The number of rotatable bonds is 7. The summed E-state index contributed by atoms with van der Waals surface area (Å²) < 4.78 is 3.38. The number of nitrogens with one attached hydrogen (secondary N) is 1. The van der Waals surface area contributed by atoms with Crippen molar-refractivity contribution in [2.45, 2.75) is 43.6 Å². The Hall–Kier alpha value is -2.80. The van der Waals surface area contributed by atoms with E-state index in [0.717, 1.165) is 30.2 Å². The monoisotopic (exact) mass is 408 g/mol. The predicted molar refractivity (Wildman–Crippen MR) is 119 cm³/mol. The summed E-state index contributed by atoms with van der Waals surface area (Å²) in [7, 11) is 1.64. The molecule has 0 aliphatic rings. The third kappa shape index (κ3) is 3.74. The molecule has 0 fully saturated rings. The lowest BCUT2D eigenvalue weighted by Crippen LogP contribution is -2.29. The second-order valence-electron chi connectivity index (χ2n) is 7.17. The maximum Gasteiger partial charge on any atom is 0.329 e. The summed E-state index contributed by atoms with van der Waals surface area (Å²) in [6.07, 6.45) is 3.14. The van der Waals surface area contributed by atoms with Crippen molar-refractivity contribution in [2.75, 3.05) is 0 Å². The second-order valence-corrected chi connectivity index (χ2v) is 8.11. The van der Waals surface area contributed by atoms with E-state index in [2.05, 4.69) is 47.2 Å². The zero-order chi connectivity index (χ0) is 20.4. The highest BCUT2D eigenvalue weighted by Gasteiger charge is 2.17. The molecule has 0 atom stereocenters. The van der Waals surface area contributed by atoms with E-state index < -0.39 is 5.69 Å². The van der Waals surface area contributed by atoms with Crippen LogP contribution < -0.4 is 11.2 Å². The highest BCUT2D eigenvalue weighted by atomic mass is 32.2. The van der Waals surface area contributed by atoms with Crippen LogP contribution >= 0.6 is 11.8 Å². The zero-order valence-electron chi connectivity index (χ0n) is 16.6. The van der Waals surface area contributed by atoms with Crippen LogP contribution in [0.25, 0.3) is 21.9 Å². The molecule has 2 heterocycles. The van der Waals surface area contributed by atoms with Crippen molar-refractivity contribution >= 4 is 33.7 Å². The number of aromatic amines is 1. The number of nitrogens with zero attached hydrogens (tertiary/aromatic N) is 3. The number of hydrogen-bond donors (Lipinski definition) is 1. The van der Waals surface area contributed by atoms with E-state index in [-0.39, 0.29) is 5.56 Å². The summed E-state index contributed by atoms with van der Waals surface area (Å²) in [6, 6.07) is 14.6. The average Bonchev–Trinajstić information content (AvgIpc) is 3.10. The lowest BCUT2D eigenvalue weighted by Gasteiger charge is -2.09. The van der Waals surface area contributed by atoms with E-state index in [4.69, 9.17) is 0 Å². The summed E-state index contributed by atoms with van der Waals surface area (Å²) in [5, 5.41) is 3.21. The van der Waals surface area contributed by atoms with Crippen LogP contribution in [0.4, 0.5) is 0 Å². The van der Waals surface area contributed by atoms with Gasteiger partial charge in [-0.05, 0) is 22.8 Å². The molecule has 0 amide bonds. The van der Waals surface area contributed by atoms with Crippen molar-refractivity contribution in [1.29, 1.82) is 0 Å². The Morgan fingerprint density at radius 2 is 1.86 bits per heavy atom. The van der Waals surface area contributed by atoms with Gasteiger partial charge in [-0.15, -0.1) is 0 Å². The molecule has 150 valence electrons. The minimum absolute atomic E-state index is 0.371. The number of aromatic nitrogens is 4. The summed E-state index contributed by atoms with van der Waals surface area (Å²) in [5.41, 5.74) is 1.33. The lowest BCUT2D eigenvalue weighted by atomic mass is 10.1. The van der Waals surface area contributed by atoms with E-state index in [1.165, 1.54) is 20.9 Å². The van der Waals surface area contributed by atoms with E-state index in [1.54, 1.807) is 18.8 Å². The molecule has 0 saturated carbocycles. The Bertz CT molecular complexity index is 1280. The minimum Gasteiger partial charge on any atom is -0.313 e. The molecule has 0 spiro atoms. The van der Waals surface area contributed by atoms with Gasteiger partial charge < -0.3 is 4.57 Å². The molecule has 2 aromatic heterocycles. The molecule has 4 aromatic rings. The molecule has 0 bridgehead atoms. The molecule has 0 aliphatic carbocycles. The summed E-state index contributed by atoms with van der Waals surface area (Å²) in [6.45, 7) is 2.86. The Kier molecular flexibility index (Phi) is 5.58. The number of benzene rings is 2. The molecule has 7 heteroatoms. The SMILES string of the molecule is CCCCCn1c(SCc2cccc3ccccc23)nc2c1c(=O)[nH]c(=O)n2C. The number of hydrogen-bond acceptors (Lipinski definition) is 4. The maximum absolute atomic E-state index is 12.5. The molecule has 0 unspecified atom stereocenters.